The van der Waals surface area contributed by atoms with Crippen LogP contribution in [0.3, 0.4) is 0 Å². The Morgan fingerprint density at radius 3 is 2.45 bits per heavy atom. The van der Waals surface area contributed by atoms with Crippen molar-refractivity contribution in [3.63, 3.8) is 0 Å². The first-order valence-electron chi connectivity index (χ1n) is 6.94. The van der Waals surface area contributed by atoms with Crippen LogP contribution in [-0.2, 0) is 5.41 Å². The number of nitrogens with zero attached hydrogens (tertiary/aromatic N) is 2. The van der Waals surface area contributed by atoms with E-state index in [2.05, 4.69) is 36.3 Å². The summed E-state index contributed by atoms with van der Waals surface area (Å²) in [6.45, 7) is 7.93. The molecule has 1 saturated heterocycles. The molecule has 0 aliphatic carbocycles. The molecule has 6 heteroatoms. The minimum Gasteiger partial charge on any atom is -0.337 e. The van der Waals surface area contributed by atoms with Crippen molar-refractivity contribution >= 4 is 18.3 Å². The molecule has 0 saturated carbocycles. The third-order valence-electron chi connectivity index (χ3n) is 3.80. The number of hydrogen-bond donors (Lipinski definition) is 2. The van der Waals surface area contributed by atoms with E-state index in [1.54, 1.807) is 0 Å². The summed E-state index contributed by atoms with van der Waals surface area (Å²) in [5.41, 5.74) is 1.53. The average Bonchev–Trinajstić information content (AvgIpc) is 2.87. The Labute approximate surface area is 126 Å². The Hall–Kier alpha value is -1.07. The zero-order valence-electron chi connectivity index (χ0n) is 12.7. The predicted molar refractivity (Wildman–Crippen MR) is 82.5 cm³/mol. The maximum atomic E-state index is 12.4. The van der Waals surface area contributed by atoms with Crippen molar-refractivity contribution < 1.29 is 4.79 Å². The highest BCUT2D eigenvalue weighted by Crippen LogP contribution is 2.21. The third kappa shape index (κ3) is 3.73. The Kier molecular flexibility index (Phi) is 5.59. The monoisotopic (exact) mass is 300 g/mol. The van der Waals surface area contributed by atoms with Gasteiger partial charge in [-0.05, 0) is 26.0 Å². The second kappa shape index (κ2) is 6.59. The topological polar surface area (TPSA) is 61.0 Å². The third-order valence-corrected chi connectivity index (χ3v) is 3.80. The molecule has 0 spiro atoms. The minimum absolute atomic E-state index is 0. The van der Waals surface area contributed by atoms with Crippen LogP contribution in [0.4, 0.5) is 0 Å². The molecule has 1 aliphatic heterocycles. The van der Waals surface area contributed by atoms with Crippen LogP contribution in [0, 0.1) is 0 Å². The molecule has 5 nitrogen and oxygen atoms in total. The van der Waals surface area contributed by atoms with Gasteiger partial charge < -0.3 is 10.2 Å². The Morgan fingerprint density at radius 1 is 1.40 bits per heavy atom. The molecular formula is C14H25ClN4O. The predicted octanol–water partition coefficient (Wildman–Crippen LogP) is 1.95. The van der Waals surface area contributed by atoms with Gasteiger partial charge in [0.1, 0.15) is 5.69 Å². The summed E-state index contributed by atoms with van der Waals surface area (Å²) in [7, 11) is 1.98. The van der Waals surface area contributed by atoms with E-state index >= 15 is 0 Å². The van der Waals surface area contributed by atoms with Gasteiger partial charge in [-0.3, -0.25) is 9.89 Å². The van der Waals surface area contributed by atoms with Gasteiger partial charge >= 0.3 is 0 Å². The maximum absolute atomic E-state index is 12.4. The summed E-state index contributed by atoms with van der Waals surface area (Å²) >= 11 is 0. The number of hydrogen-bond acceptors (Lipinski definition) is 3. The van der Waals surface area contributed by atoms with E-state index in [1.807, 2.05) is 18.0 Å². The summed E-state index contributed by atoms with van der Waals surface area (Å²) in [6.07, 6.45) is 2.03. The number of nitrogens with one attached hydrogen (secondary N) is 2. The highest BCUT2D eigenvalue weighted by Gasteiger charge is 2.25. The maximum Gasteiger partial charge on any atom is 0.274 e. The molecular weight excluding hydrogens is 276 g/mol. The summed E-state index contributed by atoms with van der Waals surface area (Å²) in [4.78, 5) is 14.3. The lowest BCUT2D eigenvalue weighted by molar-refractivity contribution is 0.0701. The van der Waals surface area contributed by atoms with E-state index < -0.39 is 0 Å². The van der Waals surface area contributed by atoms with E-state index in [-0.39, 0.29) is 23.7 Å². The first kappa shape index (κ1) is 17.0. The molecule has 1 aromatic rings. The molecule has 0 bridgehead atoms. The molecule has 1 amide bonds. The molecule has 0 aromatic carbocycles. The highest BCUT2D eigenvalue weighted by atomic mass is 35.5. The van der Waals surface area contributed by atoms with Crippen LogP contribution >= 0.6 is 12.4 Å². The zero-order valence-corrected chi connectivity index (χ0v) is 13.5. The van der Waals surface area contributed by atoms with Crippen LogP contribution in [0.2, 0.25) is 0 Å². The quantitative estimate of drug-likeness (QED) is 0.877. The normalized spacial score (nSPS) is 16.9. The van der Waals surface area contributed by atoms with Gasteiger partial charge in [0.25, 0.3) is 5.91 Å². The van der Waals surface area contributed by atoms with Gasteiger partial charge in [-0.1, -0.05) is 20.8 Å². The molecule has 1 fully saturated rings. The summed E-state index contributed by atoms with van der Waals surface area (Å²) in [6, 6.07) is 2.42. The first-order valence-corrected chi connectivity index (χ1v) is 6.94. The van der Waals surface area contributed by atoms with E-state index in [9.17, 15) is 4.79 Å². The molecule has 20 heavy (non-hydrogen) atoms. The number of H-pyrrole nitrogens is 1. The smallest absolute Gasteiger partial charge is 0.274 e. The van der Waals surface area contributed by atoms with Crippen molar-refractivity contribution in [2.75, 3.05) is 20.1 Å². The Morgan fingerprint density at radius 2 is 2.00 bits per heavy atom. The number of aromatic amines is 1. The zero-order chi connectivity index (χ0) is 14.0. The van der Waals surface area contributed by atoms with Gasteiger partial charge in [0.05, 0.1) is 0 Å². The number of carbonyl (C=O) groups excluding carboxylic acids is 1. The summed E-state index contributed by atoms with van der Waals surface area (Å²) in [5, 5.41) is 10.4. The lowest BCUT2D eigenvalue weighted by Crippen LogP contribution is -2.44. The van der Waals surface area contributed by atoms with Crippen LogP contribution in [0.25, 0.3) is 0 Å². The fourth-order valence-corrected chi connectivity index (χ4v) is 2.35. The van der Waals surface area contributed by atoms with Crippen molar-refractivity contribution in [1.29, 1.82) is 0 Å². The number of likely N-dealkylation sites (tertiary alicyclic amines) is 1. The van der Waals surface area contributed by atoms with Crippen molar-refractivity contribution in [1.82, 2.24) is 20.4 Å². The fraction of sp³-hybridized carbons (Fsp3) is 0.714. The number of halogens is 1. The van der Waals surface area contributed by atoms with E-state index in [0.29, 0.717) is 11.7 Å². The summed E-state index contributed by atoms with van der Waals surface area (Å²) < 4.78 is 0. The van der Waals surface area contributed by atoms with Crippen molar-refractivity contribution in [3.8, 4) is 0 Å². The number of aromatic nitrogens is 2. The largest absolute Gasteiger partial charge is 0.337 e. The van der Waals surface area contributed by atoms with E-state index in [0.717, 1.165) is 31.6 Å². The second-order valence-electron chi connectivity index (χ2n) is 6.27. The SMILES string of the molecule is CNC1CCN(C(=O)c2cc(C(C)(C)C)[nH]n2)CC1.Cl. The lowest BCUT2D eigenvalue weighted by Gasteiger charge is -2.31. The lowest BCUT2D eigenvalue weighted by atomic mass is 9.92. The molecule has 0 atom stereocenters. The number of rotatable bonds is 2. The molecule has 2 heterocycles. The van der Waals surface area contributed by atoms with Crippen LogP contribution in [0.15, 0.2) is 6.07 Å². The molecule has 0 radical (unpaired) electrons. The number of amides is 1. The van der Waals surface area contributed by atoms with E-state index in [1.165, 1.54) is 0 Å². The molecule has 1 aliphatic rings. The summed E-state index contributed by atoms with van der Waals surface area (Å²) in [5.74, 6) is 0.0429. The standard InChI is InChI=1S/C14H24N4O.ClH/c1-14(2,3)12-9-11(16-17-12)13(19)18-7-5-10(15-4)6-8-18;/h9-10,15H,5-8H2,1-4H3,(H,16,17);1H. The minimum atomic E-state index is -0.00927. The fourth-order valence-electron chi connectivity index (χ4n) is 2.35. The molecule has 0 unspecified atom stereocenters. The van der Waals surface area contributed by atoms with Crippen LogP contribution < -0.4 is 5.32 Å². The van der Waals surface area contributed by atoms with Gasteiger partial charge in [0.2, 0.25) is 0 Å². The second-order valence-corrected chi connectivity index (χ2v) is 6.27. The van der Waals surface area contributed by atoms with Crippen molar-refractivity contribution in [2.45, 2.75) is 45.1 Å². The number of piperidine rings is 1. The molecule has 2 rings (SSSR count). The van der Waals surface area contributed by atoms with Gasteiger partial charge in [0.15, 0.2) is 0 Å². The first-order chi connectivity index (χ1) is 8.91. The number of carbonyl (C=O) groups is 1. The van der Waals surface area contributed by atoms with Gasteiger partial charge in [-0.2, -0.15) is 5.10 Å². The molecule has 1 aromatic heterocycles. The van der Waals surface area contributed by atoms with E-state index in [4.69, 9.17) is 0 Å². The van der Waals surface area contributed by atoms with Gasteiger partial charge in [0, 0.05) is 30.2 Å². The molecule has 114 valence electrons. The van der Waals surface area contributed by atoms with Crippen LogP contribution in [0.1, 0.15) is 49.8 Å². The molecule has 2 N–H and O–H groups in total. The van der Waals surface area contributed by atoms with Crippen molar-refractivity contribution in [2.24, 2.45) is 0 Å². The Balaban J connectivity index is 0.00000200. The Bertz CT molecular complexity index is 444. The van der Waals surface area contributed by atoms with Gasteiger partial charge in [-0.15, -0.1) is 12.4 Å². The van der Waals surface area contributed by atoms with Crippen molar-refractivity contribution in [3.05, 3.63) is 17.5 Å². The average molecular weight is 301 g/mol. The van der Waals surface area contributed by atoms with Crippen LogP contribution in [-0.4, -0.2) is 47.2 Å². The van der Waals surface area contributed by atoms with Gasteiger partial charge in [-0.25, -0.2) is 0 Å². The van der Waals surface area contributed by atoms with Crippen LogP contribution in [0.5, 0.6) is 0 Å². The highest BCUT2D eigenvalue weighted by molar-refractivity contribution is 5.92.